The lowest BCUT2D eigenvalue weighted by Gasteiger charge is -2.13. The number of halogens is 1. The fourth-order valence-electron chi connectivity index (χ4n) is 2.87. The molecule has 1 N–H and O–H groups in total. The molecule has 7 nitrogen and oxygen atoms in total. The molecule has 2 aromatic carbocycles. The van der Waals surface area contributed by atoms with Gasteiger partial charge in [0, 0.05) is 15.7 Å². The van der Waals surface area contributed by atoms with E-state index in [1.165, 1.54) is 13.2 Å². The lowest BCUT2D eigenvalue weighted by Crippen LogP contribution is -2.36. The summed E-state index contributed by atoms with van der Waals surface area (Å²) in [4.78, 5) is 38.7. The maximum absolute atomic E-state index is 12.8. The van der Waals surface area contributed by atoms with E-state index >= 15 is 0 Å². The molecule has 0 bridgehead atoms. The first-order chi connectivity index (χ1) is 15.3. The van der Waals surface area contributed by atoms with E-state index in [0.29, 0.717) is 27.2 Å². The maximum Gasteiger partial charge on any atom is 0.294 e. The molecule has 1 fully saturated rings. The first-order valence-electron chi connectivity index (χ1n) is 9.38. The molecule has 32 heavy (non-hydrogen) atoms. The number of nitrogens with one attached hydrogen (secondary N) is 1. The second-order valence-corrected chi connectivity index (χ2v) is 8.61. The van der Waals surface area contributed by atoms with Crippen LogP contribution in [-0.4, -0.2) is 42.2 Å². The molecule has 164 valence electrons. The van der Waals surface area contributed by atoms with Gasteiger partial charge in [0.05, 0.1) is 12.0 Å². The first kappa shape index (κ1) is 23.4. The number of methoxy groups -OCH3 is 1. The van der Waals surface area contributed by atoms with Gasteiger partial charge in [-0.15, -0.1) is 6.42 Å². The molecule has 9 heteroatoms. The van der Waals surface area contributed by atoms with Crippen molar-refractivity contribution < 1.29 is 23.9 Å². The van der Waals surface area contributed by atoms with Crippen LogP contribution in [0.3, 0.4) is 0 Å². The fourth-order valence-corrected chi connectivity index (χ4v) is 4.16. The quantitative estimate of drug-likeness (QED) is 0.433. The van der Waals surface area contributed by atoms with Crippen molar-refractivity contribution in [3.8, 4) is 23.8 Å². The van der Waals surface area contributed by atoms with Crippen LogP contribution in [0.25, 0.3) is 6.08 Å². The standard InChI is InChI=1S/C23H19BrN2O5S/c1-4-9-31-21-15(10-16(24)12-18(21)30-3)11-19-22(28)26(23(29)32-19)13-20(27)25-17-7-5-14(2)6-8-17/h1,5-8,10-12H,9,13H2,2-3H3,(H,25,27)/b19-11+. The Hall–Kier alpha value is -3.22. The van der Waals surface area contributed by atoms with Crippen LogP contribution in [0.1, 0.15) is 11.1 Å². The van der Waals surface area contributed by atoms with Crippen LogP contribution < -0.4 is 14.8 Å². The Labute approximate surface area is 198 Å². The third-order valence-corrected chi connectivity index (χ3v) is 5.73. The van der Waals surface area contributed by atoms with Crippen molar-refractivity contribution in [3.05, 3.63) is 56.9 Å². The van der Waals surface area contributed by atoms with E-state index in [4.69, 9.17) is 15.9 Å². The molecule has 2 aromatic rings. The van der Waals surface area contributed by atoms with Gasteiger partial charge in [-0.25, -0.2) is 0 Å². The number of imide groups is 1. The van der Waals surface area contributed by atoms with Crippen molar-refractivity contribution in [2.45, 2.75) is 6.92 Å². The average Bonchev–Trinajstić information content (AvgIpc) is 3.01. The highest BCUT2D eigenvalue weighted by atomic mass is 79.9. The van der Waals surface area contributed by atoms with Gasteiger partial charge in [-0.1, -0.05) is 39.5 Å². The maximum atomic E-state index is 12.8. The largest absolute Gasteiger partial charge is 0.493 e. The lowest BCUT2D eigenvalue weighted by molar-refractivity contribution is -0.127. The Morgan fingerprint density at radius 3 is 2.66 bits per heavy atom. The zero-order chi connectivity index (χ0) is 23.3. The molecule has 0 atom stereocenters. The molecule has 1 saturated heterocycles. The van der Waals surface area contributed by atoms with Crippen molar-refractivity contribution in [2.24, 2.45) is 0 Å². The minimum atomic E-state index is -0.569. The number of terminal acetylenes is 1. The molecule has 0 aliphatic carbocycles. The van der Waals surface area contributed by atoms with Gasteiger partial charge in [-0.05, 0) is 49.0 Å². The second-order valence-electron chi connectivity index (χ2n) is 6.70. The number of aryl methyl sites for hydroxylation is 1. The Kier molecular flexibility index (Phi) is 7.62. The van der Waals surface area contributed by atoms with E-state index < -0.39 is 23.6 Å². The van der Waals surface area contributed by atoms with Gasteiger partial charge in [-0.3, -0.25) is 19.3 Å². The molecule has 0 unspecified atom stereocenters. The number of rotatable bonds is 7. The smallest absolute Gasteiger partial charge is 0.294 e. The molecule has 1 heterocycles. The van der Waals surface area contributed by atoms with Gasteiger partial charge in [0.1, 0.15) is 13.2 Å². The lowest BCUT2D eigenvalue weighted by atomic mass is 10.1. The topological polar surface area (TPSA) is 84.9 Å². The van der Waals surface area contributed by atoms with Gasteiger partial charge in [0.2, 0.25) is 5.91 Å². The normalized spacial score (nSPS) is 14.4. The Morgan fingerprint density at radius 1 is 1.28 bits per heavy atom. The van der Waals surface area contributed by atoms with E-state index in [1.807, 2.05) is 19.1 Å². The minimum Gasteiger partial charge on any atom is -0.493 e. The Balaban J connectivity index is 1.81. The van der Waals surface area contributed by atoms with E-state index in [-0.39, 0.29) is 11.5 Å². The SMILES string of the molecule is C#CCOc1c(/C=C2/SC(=O)N(CC(=O)Nc3ccc(C)cc3)C2=O)cc(Br)cc1OC. The highest BCUT2D eigenvalue weighted by Crippen LogP contribution is 2.39. The summed E-state index contributed by atoms with van der Waals surface area (Å²) in [5.41, 5.74) is 2.13. The van der Waals surface area contributed by atoms with Gasteiger partial charge >= 0.3 is 0 Å². The number of carbonyl (C=O) groups is 3. The van der Waals surface area contributed by atoms with E-state index in [1.54, 1.807) is 24.3 Å². The van der Waals surface area contributed by atoms with Crippen LogP contribution in [0, 0.1) is 19.3 Å². The van der Waals surface area contributed by atoms with Crippen LogP contribution in [-0.2, 0) is 9.59 Å². The predicted molar refractivity (Wildman–Crippen MR) is 128 cm³/mol. The molecule has 3 amide bonds. The number of carbonyl (C=O) groups excluding carboxylic acids is 3. The molecular weight excluding hydrogens is 496 g/mol. The number of amides is 3. The molecule has 1 aliphatic heterocycles. The number of ether oxygens (including phenoxy) is 2. The van der Waals surface area contributed by atoms with Gasteiger partial charge in [-0.2, -0.15) is 0 Å². The summed E-state index contributed by atoms with van der Waals surface area (Å²) in [6, 6.07) is 10.6. The Bertz CT molecular complexity index is 1140. The number of thioether (sulfide) groups is 1. The van der Waals surface area contributed by atoms with Crippen molar-refractivity contribution in [1.82, 2.24) is 4.90 Å². The highest BCUT2D eigenvalue weighted by molar-refractivity contribution is 9.10. The Morgan fingerprint density at radius 2 is 2.00 bits per heavy atom. The molecule has 3 rings (SSSR count). The predicted octanol–water partition coefficient (Wildman–Crippen LogP) is 4.45. The van der Waals surface area contributed by atoms with E-state index in [0.717, 1.165) is 22.2 Å². The third-order valence-electron chi connectivity index (χ3n) is 4.37. The third kappa shape index (κ3) is 5.52. The summed E-state index contributed by atoms with van der Waals surface area (Å²) < 4.78 is 11.6. The summed E-state index contributed by atoms with van der Waals surface area (Å²) in [7, 11) is 1.48. The number of hydrogen-bond donors (Lipinski definition) is 1. The van der Waals surface area contributed by atoms with Gasteiger partial charge < -0.3 is 14.8 Å². The van der Waals surface area contributed by atoms with Crippen LogP contribution in [0.2, 0.25) is 0 Å². The summed E-state index contributed by atoms with van der Waals surface area (Å²) in [5, 5.41) is 2.15. The van der Waals surface area contributed by atoms with Gasteiger partial charge in [0.25, 0.3) is 11.1 Å². The van der Waals surface area contributed by atoms with Crippen LogP contribution >= 0.6 is 27.7 Å². The summed E-state index contributed by atoms with van der Waals surface area (Å²) in [6.07, 6.45) is 6.81. The number of nitrogens with zero attached hydrogens (tertiary/aromatic N) is 1. The number of benzene rings is 2. The second kappa shape index (κ2) is 10.4. The summed E-state index contributed by atoms with van der Waals surface area (Å²) in [6.45, 7) is 1.54. The highest BCUT2D eigenvalue weighted by Gasteiger charge is 2.36. The zero-order valence-corrected chi connectivity index (χ0v) is 19.7. The van der Waals surface area contributed by atoms with E-state index in [2.05, 4.69) is 27.2 Å². The minimum absolute atomic E-state index is 0.000504. The van der Waals surface area contributed by atoms with Crippen LogP contribution in [0.15, 0.2) is 45.8 Å². The average molecular weight is 515 g/mol. The molecule has 0 radical (unpaired) electrons. The molecule has 1 aliphatic rings. The van der Waals surface area contributed by atoms with Crippen molar-refractivity contribution >= 4 is 56.5 Å². The first-order valence-corrected chi connectivity index (χ1v) is 11.0. The zero-order valence-electron chi connectivity index (χ0n) is 17.3. The summed E-state index contributed by atoms with van der Waals surface area (Å²) in [5.74, 6) is 2.10. The molecule has 0 saturated carbocycles. The molecule has 0 aromatic heterocycles. The fraction of sp³-hybridized carbons (Fsp3) is 0.174. The van der Waals surface area contributed by atoms with Gasteiger partial charge in [0.15, 0.2) is 11.5 Å². The van der Waals surface area contributed by atoms with E-state index in [9.17, 15) is 14.4 Å². The monoisotopic (exact) mass is 514 g/mol. The van der Waals surface area contributed by atoms with Crippen LogP contribution in [0.4, 0.5) is 10.5 Å². The number of hydrogen-bond acceptors (Lipinski definition) is 6. The van der Waals surface area contributed by atoms with Crippen molar-refractivity contribution in [1.29, 1.82) is 0 Å². The molecular formula is C23H19BrN2O5S. The van der Waals surface area contributed by atoms with Crippen molar-refractivity contribution in [3.63, 3.8) is 0 Å². The van der Waals surface area contributed by atoms with Crippen molar-refractivity contribution in [2.75, 3.05) is 25.6 Å². The summed E-state index contributed by atoms with van der Waals surface area (Å²) >= 11 is 4.13. The van der Waals surface area contributed by atoms with Crippen LogP contribution in [0.5, 0.6) is 11.5 Å². The number of anilines is 1. The molecule has 0 spiro atoms.